The summed E-state index contributed by atoms with van der Waals surface area (Å²) in [5.41, 5.74) is 2.71. The first-order chi connectivity index (χ1) is 13.2. The van der Waals surface area contributed by atoms with Crippen LogP contribution in [0.4, 0.5) is 0 Å². The molecule has 3 nitrogen and oxygen atoms in total. The summed E-state index contributed by atoms with van der Waals surface area (Å²) in [5.74, 6) is 1.52. The van der Waals surface area contributed by atoms with Crippen LogP contribution in [0.25, 0.3) is 0 Å². The summed E-state index contributed by atoms with van der Waals surface area (Å²) in [6, 6.07) is 18.5. The quantitative estimate of drug-likeness (QED) is 0.675. The number of rotatable bonds is 7. The van der Waals surface area contributed by atoms with E-state index < -0.39 is 0 Å². The zero-order valence-electron chi connectivity index (χ0n) is 16.6. The van der Waals surface area contributed by atoms with Crippen molar-refractivity contribution in [3.63, 3.8) is 0 Å². The van der Waals surface area contributed by atoms with Crippen molar-refractivity contribution in [1.82, 2.24) is 4.90 Å². The van der Waals surface area contributed by atoms with Crippen molar-refractivity contribution < 1.29 is 9.53 Å². The Morgan fingerprint density at radius 2 is 1.70 bits per heavy atom. The number of benzene rings is 2. The van der Waals surface area contributed by atoms with Crippen LogP contribution >= 0.6 is 0 Å². The lowest BCUT2D eigenvalue weighted by molar-refractivity contribution is -0.133. The van der Waals surface area contributed by atoms with E-state index in [1.54, 1.807) is 0 Å². The second-order valence-electron chi connectivity index (χ2n) is 7.37. The van der Waals surface area contributed by atoms with Crippen LogP contribution in [0.5, 0.6) is 5.75 Å². The van der Waals surface area contributed by atoms with Gasteiger partial charge in [0, 0.05) is 32.4 Å². The molecular formula is C24H31NO2. The van der Waals surface area contributed by atoms with Crippen LogP contribution in [0.15, 0.2) is 54.6 Å². The summed E-state index contributed by atoms with van der Waals surface area (Å²) in [5, 5.41) is 0. The number of nitrogens with zero attached hydrogens (tertiary/aromatic N) is 1. The highest BCUT2D eigenvalue weighted by molar-refractivity contribution is 5.77. The second-order valence-corrected chi connectivity index (χ2v) is 7.37. The maximum atomic E-state index is 12.9. The summed E-state index contributed by atoms with van der Waals surface area (Å²) in [6.45, 7) is 5.96. The molecule has 3 rings (SSSR count). The second kappa shape index (κ2) is 9.59. The molecule has 144 valence electrons. The van der Waals surface area contributed by atoms with Gasteiger partial charge < -0.3 is 9.64 Å². The van der Waals surface area contributed by atoms with E-state index in [1.165, 1.54) is 11.1 Å². The SMILES string of the molecule is CCc1ccccc1C(CC)CC(=O)N1CCC(Oc2ccccc2)CC1. The zero-order chi connectivity index (χ0) is 19.1. The number of ether oxygens (including phenoxy) is 1. The molecule has 1 atom stereocenters. The standard InChI is InChI=1S/C24H31NO2/c1-3-19-10-8-9-13-23(19)20(4-2)18-24(26)25-16-14-22(15-17-25)27-21-11-6-5-7-12-21/h5-13,20,22H,3-4,14-18H2,1-2H3. The molecule has 0 radical (unpaired) electrons. The van der Waals surface area contributed by atoms with Crippen LogP contribution in [-0.4, -0.2) is 30.0 Å². The maximum Gasteiger partial charge on any atom is 0.223 e. The van der Waals surface area contributed by atoms with Gasteiger partial charge in [0.25, 0.3) is 0 Å². The van der Waals surface area contributed by atoms with Crippen molar-refractivity contribution in [3.8, 4) is 5.75 Å². The lowest BCUT2D eigenvalue weighted by atomic mass is 9.88. The first kappa shape index (κ1) is 19.5. The molecule has 0 bridgehead atoms. The number of carbonyl (C=O) groups excluding carboxylic acids is 1. The molecule has 0 saturated carbocycles. The van der Waals surface area contributed by atoms with Crippen LogP contribution < -0.4 is 4.74 Å². The molecule has 0 aliphatic carbocycles. The topological polar surface area (TPSA) is 29.5 Å². The molecule has 2 aromatic carbocycles. The van der Waals surface area contributed by atoms with Gasteiger partial charge in [0.15, 0.2) is 0 Å². The molecule has 1 fully saturated rings. The summed E-state index contributed by atoms with van der Waals surface area (Å²) >= 11 is 0. The Hall–Kier alpha value is -2.29. The monoisotopic (exact) mass is 365 g/mol. The lowest BCUT2D eigenvalue weighted by Crippen LogP contribution is -2.42. The molecule has 1 unspecified atom stereocenters. The Morgan fingerprint density at radius 3 is 2.37 bits per heavy atom. The van der Waals surface area contributed by atoms with Gasteiger partial charge in [-0.25, -0.2) is 0 Å². The highest BCUT2D eigenvalue weighted by atomic mass is 16.5. The molecule has 0 N–H and O–H groups in total. The molecule has 1 aliphatic heterocycles. The Bertz CT molecular complexity index is 720. The molecule has 2 aromatic rings. The van der Waals surface area contributed by atoms with Crippen LogP contribution in [0.2, 0.25) is 0 Å². The first-order valence-corrected chi connectivity index (χ1v) is 10.3. The van der Waals surface area contributed by atoms with Gasteiger partial charge in [0.2, 0.25) is 5.91 Å². The summed E-state index contributed by atoms with van der Waals surface area (Å²) < 4.78 is 6.05. The molecular weight excluding hydrogens is 334 g/mol. The Morgan fingerprint density at radius 1 is 1.04 bits per heavy atom. The van der Waals surface area contributed by atoms with Crippen molar-refractivity contribution in [2.75, 3.05) is 13.1 Å². The smallest absolute Gasteiger partial charge is 0.223 e. The number of amides is 1. The Labute approximate surface area is 163 Å². The van der Waals surface area contributed by atoms with Gasteiger partial charge in [-0.2, -0.15) is 0 Å². The Kier molecular flexibility index (Phi) is 6.92. The van der Waals surface area contributed by atoms with Gasteiger partial charge in [-0.3, -0.25) is 4.79 Å². The average Bonchev–Trinajstić information content (AvgIpc) is 2.73. The summed E-state index contributed by atoms with van der Waals surface area (Å²) in [4.78, 5) is 14.9. The highest BCUT2D eigenvalue weighted by Gasteiger charge is 2.26. The normalized spacial score (nSPS) is 16.1. The minimum Gasteiger partial charge on any atom is -0.490 e. The van der Waals surface area contributed by atoms with Gasteiger partial charge >= 0.3 is 0 Å². The van der Waals surface area contributed by atoms with Crippen molar-refractivity contribution in [2.45, 2.75) is 58.0 Å². The van der Waals surface area contributed by atoms with E-state index in [0.29, 0.717) is 12.3 Å². The predicted octanol–water partition coefficient (Wildman–Crippen LogP) is 5.20. The number of aryl methyl sites for hydroxylation is 1. The van der Waals surface area contributed by atoms with Gasteiger partial charge in [0.1, 0.15) is 11.9 Å². The molecule has 1 amide bonds. The largest absolute Gasteiger partial charge is 0.490 e. The summed E-state index contributed by atoms with van der Waals surface area (Å²) in [7, 11) is 0. The Balaban J connectivity index is 1.54. The van der Waals surface area contributed by atoms with Crippen LogP contribution in [0.1, 0.15) is 56.6 Å². The maximum absolute atomic E-state index is 12.9. The minimum absolute atomic E-state index is 0.208. The number of hydrogen-bond donors (Lipinski definition) is 0. The van der Waals surface area contributed by atoms with E-state index in [2.05, 4.69) is 38.1 Å². The predicted molar refractivity (Wildman–Crippen MR) is 110 cm³/mol. The van der Waals surface area contributed by atoms with E-state index >= 15 is 0 Å². The van der Waals surface area contributed by atoms with Gasteiger partial charge in [-0.15, -0.1) is 0 Å². The highest BCUT2D eigenvalue weighted by Crippen LogP contribution is 2.28. The van der Waals surface area contributed by atoms with Crippen molar-refractivity contribution in [1.29, 1.82) is 0 Å². The third-order valence-corrected chi connectivity index (χ3v) is 5.63. The van der Waals surface area contributed by atoms with E-state index in [-0.39, 0.29) is 12.0 Å². The van der Waals surface area contributed by atoms with Gasteiger partial charge in [-0.05, 0) is 42.0 Å². The third-order valence-electron chi connectivity index (χ3n) is 5.63. The molecule has 27 heavy (non-hydrogen) atoms. The number of carbonyl (C=O) groups is 1. The van der Waals surface area contributed by atoms with Crippen molar-refractivity contribution >= 4 is 5.91 Å². The molecule has 1 heterocycles. The zero-order valence-corrected chi connectivity index (χ0v) is 16.6. The molecule has 0 spiro atoms. The minimum atomic E-state index is 0.208. The van der Waals surface area contributed by atoms with Gasteiger partial charge in [-0.1, -0.05) is 56.3 Å². The van der Waals surface area contributed by atoms with Crippen molar-refractivity contribution in [2.24, 2.45) is 0 Å². The summed E-state index contributed by atoms with van der Waals surface area (Å²) in [6.07, 6.45) is 4.64. The molecule has 3 heteroatoms. The van der Waals surface area contributed by atoms with Crippen molar-refractivity contribution in [3.05, 3.63) is 65.7 Å². The lowest BCUT2D eigenvalue weighted by Gasteiger charge is -2.33. The van der Waals surface area contributed by atoms with E-state index in [4.69, 9.17) is 4.74 Å². The van der Waals surface area contributed by atoms with E-state index in [1.807, 2.05) is 35.2 Å². The number of likely N-dealkylation sites (tertiary alicyclic amines) is 1. The van der Waals surface area contributed by atoms with Gasteiger partial charge in [0.05, 0.1) is 0 Å². The fourth-order valence-electron chi connectivity index (χ4n) is 3.98. The molecule has 1 aliphatic rings. The number of para-hydroxylation sites is 1. The fourth-order valence-corrected chi connectivity index (χ4v) is 3.98. The molecule has 0 aromatic heterocycles. The average molecular weight is 366 g/mol. The fraction of sp³-hybridized carbons (Fsp3) is 0.458. The van der Waals surface area contributed by atoms with E-state index in [0.717, 1.165) is 44.5 Å². The van der Waals surface area contributed by atoms with Crippen LogP contribution in [0, 0.1) is 0 Å². The van der Waals surface area contributed by atoms with Crippen LogP contribution in [0.3, 0.4) is 0 Å². The van der Waals surface area contributed by atoms with E-state index in [9.17, 15) is 4.79 Å². The number of piperidine rings is 1. The number of hydrogen-bond acceptors (Lipinski definition) is 2. The third kappa shape index (κ3) is 5.12. The molecule has 1 saturated heterocycles. The first-order valence-electron chi connectivity index (χ1n) is 10.3. The van der Waals surface area contributed by atoms with Crippen LogP contribution in [-0.2, 0) is 11.2 Å².